The molecule has 148 valence electrons. The molecule has 0 unspecified atom stereocenters. The molecule has 28 heavy (non-hydrogen) atoms. The van der Waals surface area contributed by atoms with E-state index in [0.29, 0.717) is 17.0 Å². The van der Waals surface area contributed by atoms with Gasteiger partial charge in [-0.1, -0.05) is 67.4 Å². The minimum atomic E-state index is -2.24. The summed E-state index contributed by atoms with van der Waals surface area (Å²) in [7, 11) is -2.24. The van der Waals surface area contributed by atoms with Crippen molar-refractivity contribution in [3.05, 3.63) is 70.7 Å². The largest absolute Gasteiger partial charge is 0.385 e. The van der Waals surface area contributed by atoms with Crippen molar-refractivity contribution in [2.24, 2.45) is 0 Å². The standard InChI is InChI=1S/C22H27ClNO3Si/c1-4-28(5-2,6-3)27-24(22(26)18-10-8-7-9-11-18)20(16-21(24)25)17-12-14-19(23)15-13-17/h7-15,20H,4-6,16H2,1-3H3/q+1/t20-,24-/m0/s1. The van der Waals surface area contributed by atoms with E-state index in [1.807, 2.05) is 30.3 Å². The third-order valence-corrected chi connectivity index (χ3v) is 10.8. The zero-order chi connectivity index (χ0) is 20.4. The highest BCUT2D eigenvalue weighted by Crippen LogP contribution is 2.47. The molecule has 2 aromatic rings. The van der Waals surface area contributed by atoms with Gasteiger partial charge in [0.25, 0.3) is 8.32 Å². The van der Waals surface area contributed by atoms with Gasteiger partial charge in [-0.05, 0) is 42.4 Å². The van der Waals surface area contributed by atoms with Crippen molar-refractivity contribution in [3.63, 3.8) is 0 Å². The summed E-state index contributed by atoms with van der Waals surface area (Å²) < 4.78 is 6.13. The first-order chi connectivity index (χ1) is 13.4. The van der Waals surface area contributed by atoms with Gasteiger partial charge in [0.1, 0.15) is 6.42 Å². The molecule has 0 aliphatic carbocycles. The molecule has 1 fully saturated rings. The van der Waals surface area contributed by atoms with Crippen molar-refractivity contribution < 1.29 is 18.8 Å². The van der Waals surface area contributed by atoms with Crippen LogP contribution in [0.2, 0.25) is 23.2 Å². The van der Waals surface area contributed by atoms with Crippen molar-refractivity contribution in [3.8, 4) is 0 Å². The normalized spacial score (nSPS) is 22.0. The smallest absolute Gasteiger partial charge is 0.241 e. The molecule has 3 rings (SSSR count). The van der Waals surface area contributed by atoms with Crippen molar-refractivity contribution in [2.75, 3.05) is 0 Å². The SMILES string of the molecule is CC[Si](CC)(CC)O[N@+]1(C(=O)c2ccccc2)C(=O)C[C@H]1c1ccc(Cl)cc1. The van der Waals surface area contributed by atoms with Gasteiger partial charge in [-0.2, -0.15) is 0 Å². The van der Waals surface area contributed by atoms with Crippen LogP contribution in [0, 0.1) is 0 Å². The van der Waals surface area contributed by atoms with Gasteiger partial charge >= 0.3 is 11.8 Å². The summed E-state index contributed by atoms with van der Waals surface area (Å²) in [6.45, 7) is 6.30. The van der Waals surface area contributed by atoms with E-state index in [2.05, 4.69) is 20.8 Å². The molecule has 2 aromatic carbocycles. The molecule has 6 heteroatoms. The summed E-state index contributed by atoms with van der Waals surface area (Å²) >= 11 is 6.05. The number of carbonyl (C=O) groups excluding carboxylic acids is 2. The fourth-order valence-electron chi connectivity index (χ4n) is 3.94. The number of rotatable bonds is 7. The number of imide groups is 1. The summed E-state index contributed by atoms with van der Waals surface area (Å²) in [4.78, 5) is 26.7. The third-order valence-electron chi connectivity index (χ3n) is 6.03. The van der Waals surface area contributed by atoms with Crippen LogP contribution < -0.4 is 0 Å². The molecule has 0 bridgehead atoms. The average molecular weight is 417 g/mol. The second-order valence-electron chi connectivity index (χ2n) is 7.33. The quantitative estimate of drug-likeness (QED) is 0.244. The van der Waals surface area contributed by atoms with E-state index < -0.39 is 13.0 Å². The molecule has 4 nitrogen and oxygen atoms in total. The Labute approximate surface area is 172 Å². The van der Waals surface area contributed by atoms with Gasteiger partial charge in [0.05, 0.1) is 5.56 Å². The number of hydrogen-bond donors (Lipinski definition) is 0. The highest BCUT2D eigenvalue weighted by atomic mass is 35.5. The summed E-state index contributed by atoms with van der Waals surface area (Å²) in [6.07, 6.45) is 0.293. The van der Waals surface area contributed by atoms with Gasteiger partial charge in [0.2, 0.25) is 0 Å². The molecular weight excluding hydrogens is 390 g/mol. The van der Waals surface area contributed by atoms with E-state index >= 15 is 0 Å². The molecule has 1 aliphatic rings. The molecule has 1 heterocycles. The van der Waals surface area contributed by atoms with Gasteiger partial charge in [-0.25, -0.2) is 14.1 Å². The summed E-state index contributed by atoms with van der Waals surface area (Å²) in [5.41, 5.74) is 1.40. The van der Waals surface area contributed by atoms with E-state index in [-0.39, 0.29) is 17.9 Å². The Balaban J connectivity index is 2.11. The minimum Gasteiger partial charge on any atom is -0.241 e. The fraction of sp³-hybridized carbons (Fsp3) is 0.364. The first kappa shape index (κ1) is 20.9. The zero-order valence-electron chi connectivity index (χ0n) is 16.7. The Hall–Kier alpha value is -1.79. The Morgan fingerprint density at radius 3 is 2.11 bits per heavy atom. The number of halogens is 1. The first-order valence-electron chi connectivity index (χ1n) is 9.90. The van der Waals surface area contributed by atoms with E-state index in [9.17, 15) is 9.59 Å². The average Bonchev–Trinajstić information content (AvgIpc) is 2.74. The lowest BCUT2D eigenvalue weighted by molar-refractivity contribution is -1.00. The third kappa shape index (κ3) is 3.48. The van der Waals surface area contributed by atoms with Crippen LogP contribution >= 0.6 is 11.6 Å². The summed E-state index contributed by atoms with van der Waals surface area (Å²) in [5, 5.41) is 0.627. The highest BCUT2D eigenvalue weighted by molar-refractivity contribution is 6.73. The number of carbonyl (C=O) groups is 2. The Morgan fingerprint density at radius 2 is 1.61 bits per heavy atom. The van der Waals surface area contributed by atoms with Crippen molar-refractivity contribution in [1.82, 2.24) is 0 Å². The minimum absolute atomic E-state index is 0.166. The molecule has 0 spiro atoms. The summed E-state index contributed by atoms with van der Waals surface area (Å²) in [5.74, 6) is -0.440. The zero-order valence-corrected chi connectivity index (χ0v) is 18.4. The Morgan fingerprint density at radius 1 is 1.04 bits per heavy atom. The predicted octanol–water partition coefficient (Wildman–Crippen LogP) is 5.91. The maximum Gasteiger partial charge on any atom is 0.385 e. The maximum atomic E-state index is 13.7. The second-order valence-corrected chi connectivity index (χ2v) is 12.4. The molecule has 0 saturated carbocycles. The van der Waals surface area contributed by atoms with Crippen molar-refractivity contribution >= 4 is 31.7 Å². The van der Waals surface area contributed by atoms with Crippen LogP contribution in [0.3, 0.4) is 0 Å². The van der Waals surface area contributed by atoms with Crippen LogP contribution in [-0.2, 0) is 9.32 Å². The fourth-order valence-corrected chi connectivity index (χ4v) is 6.87. The van der Waals surface area contributed by atoms with Crippen LogP contribution in [0.25, 0.3) is 0 Å². The number of hydrogen-bond acceptors (Lipinski definition) is 3. The molecule has 0 radical (unpaired) electrons. The number of benzene rings is 2. The molecule has 1 aliphatic heterocycles. The molecule has 2 amide bonds. The van der Waals surface area contributed by atoms with Crippen molar-refractivity contribution in [1.29, 1.82) is 0 Å². The lowest BCUT2D eigenvalue weighted by Gasteiger charge is -2.48. The maximum absolute atomic E-state index is 13.7. The topological polar surface area (TPSA) is 43.4 Å². The number of nitrogens with zero attached hydrogens (tertiary/aromatic N) is 1. The van der Waals surface area contributed by atoms with E-state index in [4.69, 9.17) is 16.1 Å². The number of β-lactam (4-membered cyclic amide) rings is 1. The van der Waals surface area contributed by atoms with Crippen LogP contribution in [0.15, 0.2) is 54.6 Å². The van der Waals surface area contributed by atoms with E-state index in [0.717, 1.165) is 23.7 Å². The highest BCUT2D eigenvalue weighted by Gasteiger charge is 2.66. The lowest BCUT2D eigenvalue weighted by atomic mass is 9.91. The van der Waals surface area contributed by atoms with E-state index in [1.54, 1.807) is 24.3 Å². The monoisotopic (exact) mass is 416 g/mol. The molecular formula is C22H27ClNO3Si+. The van der Waals surface area contributed by atoms with Gasteiger partial charge in [-0.3, -0.25) is 0 Å². The van der Waals surface area contributed by atoms with Gasteiger partial charge in [-0.15, -0.1) is 0 Å². The van der Waals surface area contributed by atoms with Crippen LogP contribution in [0.5, 0.6) is 0 Å². The molecule has 2 atom stereocenters. The number of likely N-dealkylation sites (tertiary alicyclic amines) is 1. The van der Waals surface area contributed by atoms with Gasteiger partial charge in [0.15, 0.2) is 6.04 Å². The Bertz CT molecular complexity index is 844. The van der Waals surface area contributed by atoms with E-state index in [1.165, 1.54) is 0 Å². The Kier molecular flexibility index (Phi) is 6.20. The van der Waals surface area contributed by atoms with Crippen LogP contribution in [-0.4, -0.2) is 24.8 Å². The number of hydroxylamine groups is 3. The van der Waals surface area contributed by atoms with Crippen LogP contribution in [0.1, 0.15) is 49.2 Å². The molecule has 0 N–H and O–H groups in total. The lowest BCUT2D eigenvalue weighted by Crippen LogP contribution is -2.70. The van der Waals surface area contributed by atoms with Crippen molar-refractivity contribution in [2.45, 2.75) is 51.4 Å². The van der Waals surface area contributed by atoms with Gasteiger partial charge < -0.3 is 0 Å². The number of amides is 2. The van der Waals surface area contributed by atoms with Gasteiger partial charge in [0, 0.05) is 10.6 Å². The molecule has 0 aromatic heterocycles. The van der Waals surface area contributed by atoms with Crippen LogP contribution in [0.4, 0.5) is 0 Å². The second kappa shape index (κ2) is 8.29. The summed E-state index contributed by atoms with van der Waals surface area (Å²) in [6, 6.07) is 18.6. The number of quaternary nitrogens is 1. The predicted molar refractivity (Wildman–Crippen MR) is 113 cm³/mol. The molecule has 1 saturated heterocycles. The first-order valence-corrected chi connectivity index (χ1v) is 12.8.